The summed E-state index contributed by atoms with van der Waals surface area (Å²) in [6, 6.07) is 0. The van der Waals surface area contributed by atoms with E-state index in [1.165, 1.54) is 0 Å². The van der Waals surface area contributed by atoms with Crippen molar-refractivity contribution in [1.82, 2.24) is 19.5 Å². The summed E-state index contributed by atoms with van der Waals surface area (Å²) >= 11 is 0. The molecular formula is C11H13N5O4. The second-order valence-corrected chi connectivity index (χ2v) is 4.00. The Kier molecular flexibility index (Phi) is 3.51. The Bertz CT molecular complexity index is 745. The van der Waals surface area contributed by atoms with Crippen LogP contribution in [0.15, 0.2) is 4.79 Å². The molecule has 0 unspecified atom stereocenters. The molecule has 0 spiro atoms. The highest BCUT2D eigenvalue weighted by Gasteiger charge is 2.19. The quantitative estimate of drug-likeness (QED) is 0.696. The molecule has 20 heavy (non-hydrogen) atoms. The van der Waals surface area contributed by atoms with Crippen molar-refractivity contribution < 1.29 is 14.3 Å². The zero-order valence-corrected chi connectivity index (χ0v) is 11.0. The molecule has 1 amide bonds. The Hall–Kier alpha value is -2.71. The maximum atomic E-state index is 11.8. The van der Waals surface area contributed by atoms with Gasteiger partial charge >= 0.3 is 11.7 Å². The lowest BCUT2D eigenvalue weighted by Crippen LogP contribution is -2.23. The zero-order valence-electron chi connectivity index (χ0n) is 11.0. The first-order valence-corrected chi connectivity index (χ1v) is 5.86. The fourth-order valence-corrected chi connectivity index (χ4v) is 1.80. The van der Waals surface area contributed by atoms with Crippen molar-refractivity contribution in [2.24, 2.45) is 5.73 Å². The van der Waals surface area contributed by atoms with Gasteiger partial charge in [0.05, 0.1) is 6.61 Å². The highest BCUT2D eigenvalue weighted by molar-refractivity contribution is 6.01. The van der Waals surface area contributed by atoms with Gasteiger partial charge in [-0.05, 0) is 13.8 Å². The lowest BCUT2D eigenvalue weighted by Gasteiger charge is -2.04. The molecule has 0 radical (unpaired) electrons. The van der Waals surface area contributed by atoms with Crippen molar-refractivity contribution in [2.75, 3.05) is 6.61 Å². The minimum atomic E-state index is -0.787. The van der Waals surface area contributed by atoms with Crippen LogP contribution in [-0.4, -0.2) is 38.0 Å². The number of nitrogens with one attached hydrogen (secondary N) is 1. The topological polar surface area (TPSA) is 133 Å². The number of carbonyl (C=O) groups is 2. The van der Waals surface area contributed by atoms with Crippen molar-refractivity contribution in [3.05, 3.63) is 22.0 Å². The first-order chi connectivity index (χ1) is 9.43. The SMILES string of the molecule is CCOC(=O)Cn1c(=O)[nH]c2c(C(N)=O)nc(C)nc21. The molecule has 2 aromatic heterocycles. The van der Waals surface area contributed by atoms with E-state index in [1.807, 2.05) is 0 Å². The van der Waals surface area contributed by atoms with Gasteiger partial charge in [-0.2, -0.15) is 0 Å². The first-order valence-electron chi connectivity index (χ1n) is 5.86. The van der Waals surface area contributed by atoms with Gasteiger partial charge in [-0.1, -0.05) is 0 Å². The normalized spacial score (nSPS) is 10.7. The van der Waals surface area contributed by atoms with Gasteiger partial charge in [0.2, 0.25) is 0 Å². The van der Waals surface area contributed by atoms with Gasteiger partial charge in [0, 0.05) is 0 Å². The molecule has 0 saturated carbocycles. The van der Waals surface area contributed by atoms with Crippen LogP contribution in [0.3, 0.4) is 0 Å². The van der Waals surface area contributed by atoms with E-state index in [0.29, 0.717) is 0 Å². The molecule has 3 N–H and O–H groups in total. The fourth-order valence-electron chi connectivity index (χ4n) is 1.80. The minimum absolute atomic E-state index is 0.0905. The number of primary amides is 1. The predicted molar refractivity (Wildman–Crippen MR) is 68.0 cm³/mol. The maximum absolute atomic E-state index is 11.8. The smallest absolute Gasteiger partial charge is 0.328 e. The van der Waals surface area contributed by atoms with Crippen LogP contribution in [-0.2, 0) is 16.1 Å². The predicted octanol–water partition coefficient (Wildman–Crippen LogP) is -0.910. The van der Waals surface area contributed by atoms with Crippen molar-refractivity contribution in [3.8, 4) is 0 Å². The van der Waals surface area contributed by atoms with Crippen LogP contribution in [0.4, 0.5) is 0 Å². The summed E-state index contributed by atoms with van der Waals surface area (Å²) in [6.45, 7) is 3.11. The molecule has 0 aliphatic carbocycles. The number of esters is 1. The van der Waals surface area contributed by atoms with Crippen molar-refractivity contribution in [2.45, 2.75) is 20.4 Å². The summed E-state index contributed by atoms with van der Waals surface area (Å²) in [5.74, 6) is -1.10. The van der Waals surface area contributed by atoms with E-state index in [0.717, 1.165) is 4.57 Å². The van der Waals surface area contributed by atoms with E-state index in [4.69, 9.17) is 10.5 Å². The molecule has 106 valence electrons. The number of hydrogen-bond acceptors (Lipinski definition) is 6. The van der Waals surface area contributed by atoms with Crippen LogP contribution in [0.2, 0.25) is 0 Å². The number of H-pyrrole nitrogens is 1. The van der Waals surface area contributed by atoms with Gasteiger partial charge in [-0.3, -0.25) is 14.2 Å². The van der Waals surface area contributed by atoms with Crippen LogP contribution < -0.4 is 11.4 Å². The monoisotopic (exact) mass is 279 g/mol. The number of carbonyl (C=O) groups excluding carboxylic acids is 2. The third kappa shape index (κ3) is 2.37. The van der Waals surface area contributed by atoms with Crippen LogP contribution >= 0.6 is 0 Å². The molecule has 2 aromatic rings. The Balaban J connectivity index is 2.62. The highest BCUT2D eigenvalue weighted by Crippen LogP contribution is 2.11. The number of aromatic amines is 1. The van der Waals surface area contributed by atoms with Crippen molar-refractivity contribution >= 4 is 23.0 Å². The van der Waals surface area contributed by atoms with E-state index in [9.17, 15) is 14.4 Å². The number of aryl methyl sites for hydroxylation is 1. The summed E-state index contributed by atoms with van der Waals surface area (Å²) in [4.78, 5) is 45.0. The Morgan fingerprint density at radius 1 is 1.40 bits per heavy atom. The van der Waals surface area contributed by atoms with Gasteiger partial charge in [-0.15, -0.1) is 0 Å². The van der Waals surface area contributed by atoms with Crippen LogP contribution in [0.1, 0.15) is 23.2 Å². The third-order valence-corrected chi connectivity index (χ3v) is 2.56. The largest absolute Gasteiger partial charge is 0.465 e. The average molecular weight is 279 g/mol. The molecule has 0 aromatic carbocycles. The lowest BCUT2D eigenvalue weighted by molar-refractivity contribution is -0.143. The second-order valence-electron chi connectivity index (χ2n) is 4.00. The summed E-state index contributed by atoms with van der Waals surface area (Å²) in [7, 11) is 0. The Morgan fingerprint density at radius 2 is 2.10 bits per heavy atom. The molecule has 9 nitrogen and oxygen atoms in total. The minimum Gasteiger partial charge on any atom is -0.465 e. The molecule has 2 heterocycles. The number of nitrogens with zero attached hydrogens (tertiary/aromatic N) is 3. The van der Waals surface area contributed by atoms with E-state index >= 15 is 0 Å². The molecule has 0 fully saturated rings. The van der Waals surface area contributed by atoms with Gasteiger partial charge in [0.25, 0.3) is 5.91 Å². The van der Waals surface area contributed by atoms with Gasteiger partial charge in [-0.25, -0.2) is 14.8 Å². The van der Waals surface area contributed by atoms with Crippen molar-refractivity contribution in [1.29, 1.82) is 0 Å². The summed E-state index contributed by atoms with van der Waals surface area (Å²) in [5, 5.41) is 0. The van der Waals surface area contributed by atoms with Crippen LogP contribution in [0, 0.1) is 6.92 Å². The second kappa shape index (κ2) is 5.11. The Morgan fingerprint density at radius 3 is 2.70 bits per heavy atom. The van der Waals surface area contributed by atoms with E-state index in [2.05, 4.69) is 15.0 Å². The van der Waals surface area contributed by atoms with E-state index < -0.39 is 17.6 Å². The number of imidazole rings is 1. The number of amides is 1. The first kappa shape index (κ1) is 13.7. The third-order valence-electron chi connectivity index (χ3n) is 2.56. The molecule has 0 aliphatic heterocycles. The van der Waals surface area contributed by atoms with Gasteiger partial charge < -0.3 is 15.5 Å². The molecule has 9 heteroatoms. The number of fused-ring (bicyclic) bond motifs is 1. The number of rotatable bonds is 4. The van der Waals surface area contributed by atoms with Gasteiger partial charge in [0.15, 0.2) is 11.3 Å². The highest BCUT2D eigenvalue weighted by atomic mass is 16.5. The summed E-state index contributed by atoms with van der Waals surface area (Å²) < 4.78 is 5.86. The summed E-state index contributed by atoms with van der Waals surface area (Å²) in [5.41, 5.74) is 4.78. The molecule has 0 atom stereocenters. The molecular weight excluding hydrogens is 266 g/mol. The standard InChI is InChI=1S/C11H13N5O4/c1-3-20-6(17)4-16-10-8(15-11(16)19)7(9(12)18)13-5(2)14-10/h3-4H2,1-2H3,(H2,12,18)(H,15,19). The maximum Gasteiger partial charge on any atom is 0.328 e. The number of nitrogens with two attached hydrogens (primary N) is 1. The molecule has 2 rings (SSSR count). The summed E-state index contributed by atoms with van der Waals surface area (Å²) in [6.07, 6.45) is 0. The van der Waals surface area contributed by atoms with Crippen LogP contribution in [0.25, 0.3) is 11.2 Å². The van der Waals surface area contributed by atoms with E-state index in [1.54, 1.807) is 13.8 Å². The van der Waals surface area contributed by atoms with Gasteiger partial charge in [0.1, 0.15) is 17.9 Å². The average Bonchev–Trinajstić information content (AvgIpc) is 2.66. The molecule has 0 aliphatic rings. The molecule has 0 saturated heterocycles. The lowest BCUT2D eigenvalue weighted by atomic mass is 10.3. The fraction of sp³-hybridized carbons (Fsp3) is 0.364. The molecule has 0 bridgehead atoms. The zero-order chi connectivity index (χ0) is 14.9. The van der Waals surface area contributed by atoms with E-state index in [-0.39, 0.29) is 35.8 Å². The number of ether oxygens (including phenoxy) is 1. The van der Waals surface area contributed by atoms with Crippen LogP contribution in [0.5, 0.6) is 0 Å². The Labute approximate surface area is 112 Å². The van der Waals surface area contributed by atoms with Crippen molar-refractivity contribution in [3.63, 3.8) is 0 Å². The number of hydrogen-bond donors (Lipinski definition) is 2. The number of aromatic nitrogens is 4.